The second-order valence-electron chi connectivity index (χ2n) is 5.79. The molecule has 0 fully saturated rings. The van der Waals surface area contributed by atoms with Crippen LogP contribution in [0.1, 0.15) is 5.56 Å². The third-order valence-corrected chi connectivity index (χ3v) is 4.02. The highest BCUT2D eigenvalue weighted by atomic mass is 16.7. The van der Waals surface area contributed by atoms with Crippen molar-refractivity contribution in [2.75, 3.05) is 12.1 Å². The molecule has 1 aliphatic heterocycles. The van der Waals surface area contributed by atoms with E-state index in [2.05, 4.69) is 15.6 Å². The molecule has 0 bridgehead atoms. The number of carbonyl (C=O) groups excluding carboxylic acids is 1. The first-order valence-electron chi connectivity index (χ1n) is 8.23. The lowest BCUT2D eigenvalue weighted by Gasteiger charge is -2.08. The molecule has 1 aromatic heterocycles. The van der Waals surface area contributed by atoms with Gasteiger partial charge in [0.15, 0.2) is 11.5 Å². The molecule has 2 amide bonds. The molecule has 2 N–H and O–H groups in total. The number of ether oxygens (including phenoxy) is 2. The number of rotatable bonds is 4. The van der Waals surface area contributed by atoms with Crippen molar-refractivity contribution in [2.24, 2.45) is 0 Å². The number of hydrogen-bond donors (Lipinski definition) is 2. The van der Waals surface area contributed by atoms with E-state index in [1.165, 1.54) is 0 Å². The smallest absolute Gasteiger partial charge is 0.320 e. The molecule has 3 aromatic rings. The predicted molar refractivity (Wildman–Crippen MR) is 98.1 cm³/mol. The summed E-state index contributed by atoms with van der Waals surface area (Å²) in [5, 5.41) is 5.50. The second-order valence-corrected chi connectivity index (χ2v) is 5.79. The Bertz CT molecular complexity index is 911. The Kier molecular flexibility index (Phi) is 4.38. The molecule has 26 heavy (non-hydrogen) atoms. The average Bonchev–Trinajstić information content (AvgIpc) is 3.15. The molecule has 130 valence electrons. The van der Waals surface area contributed by atoms with Crippen LogP contribution < -0.4 is 20.1 Å². The minimum atomic E-state index is -0.288. The van der Waals surface area contributed by atoms with E-state index in [1.807, 2.05) is 48.5 Å². The van der Waals surface area contributed by atoms with E-state index in [1.54, 1.807) is 18.3 Å². The molecule has 0 saturated carbocycles. The molecule has 4 rings (SSSR count). The van der Waals surface area contributed by atoms with Crippen molar-refractivity contribution in [2.45, 2.75) is 6.54 Å². The van der Waals surface area contributed by atoms with Gasteiger partial charge in [0.2, 0.25) is 6.79 Å². The minimum Gasteiger partial charge on any atom is -0.454 e. The molecule has 6 nitrogen and oxygen atoms in total. The van der Waals surface area contributed by atoms with Crippen LogP contribution >= 0.6 is 0 Å². The van der Waals surface area contributed by atoms with E-state index in [-0.39, 0.29) is 12.8 Å². The van der Waals surface area contributed by atoms with Crippen LogP contribution in [0.3, 0.4) is 0 Å². The zero-order valence-electron chi connectivity index (χ0n) is 13.9. The highest BCUT2D eigenvalue weighted by Gasteiger charge is 2.13. The molecule has 0 unspecified atom stereocenters. The number of amides is 2. The molecule has 2 aromatic carbocycles. The topological polar surface area (TPSA) is 72.5 Å². The first-order chi connectivity index (χ1) is 12.8. The molecule has 6 heteroatoms. The summed E-state index contributed by atoms with van der Waals surface area (Å²) in [5.74, 6) is 2.05. The average molecular weight is 347 g/mol. The van der Waals surface area contributed by atoms with Crippen molar-refractivity contribution in [3.63, 3.8) is 0 Å². The van der Waals surface area contributed by atoms with Crippen molar-refractivity contribution in [3.05, 3.63) is 72.4 Å². The van der Waals surface area contributed by atoms with E-state index in [0.29, 0.717) is 12.4 Å². The zero-order valence-corrected chi connectivity index (χ0v) is 13.9. The van der Waals surface area contributed by atoms with Crippen LogP contribution in [-0.2, 0) is 6.54 Å². The van der Waals surface area contributed by atoms with Gasteiger partial charge < -0.3 is 14.8 Å². The Morgan fingerprint density at radius 2 is 1.77 bits per heavy atom. The lowest BCUT2D eigenvalue weighted by Crippen LogP contribution is -2.28. The van der Waals surface area contributed by atoms with E-state index in [9.17, 15) is 4.79 Å². The Hall–Kier alpha value is -3.54. The highest BCUT2D eigenvalue weighted by Crippen LogP contribution is 2.35. The lowest BCUT2D eigenvalue weighted by molar-refractivity contribution is 0.174. The maximum Gasteiger partial charge on any atom is 0.320 e. The summed E-state index contributed by atoms with van der Waals surface area (Å²) >= 11 is 0. The van der Waals surface area contributed by atoms with Gasteiger partial charge in [-0.25, -0.2) is 9.78 Å². The largest absolute Gasteiger partial charge is 0.454 e. The molecule has 0 aliphatic carbocycles. The first kappa shape index (κ1) is 16.0. The van der Waals surface area contributed by atoms with E-state index < -0.39 is 0 Å². The second kappa shape index (κ2) is 7.14. The van der Waals surface area contributed by atoms with Crippen molar-refractivity contribution in [1.29, 1.82) is 0 Å². The number of carbonyl (C=O) groups is 1. The summed E-state index contributed by atoms with van der Waals surface area (Å²) in [6.45, 7) is 0.698. The Balaban J connectivity index is 1.36. The number of anilines is 1. The summed E-state index contributed by atoms with van der Waals surface area (Å²) < 4.78 is 10.7. The molecule has 0 atom stereocenters. The van der Waals surface area contributed by atoms with Gasteiger partial charge in [-0.2, -0.15) is 0 Å². The molecular weight excluding hydrogens is 330 g/mol. The number of nitrogens with zero attached hydrogens (tertiary/aromatic N) is 1. The maximum absolute atomic E-state index is 11.9. The fourth-order valence-electron chi connectivity index (χ4n) is 2.67. The Morgan fingerprint density at radius 3 is 2.58 bits per heavy atom. The van der Waals surface area contributed by atoms with Crippen LogP contribution in [0.15, 0.2) is 66.9 Å². The zero-order chi connectivity index (χ0) is 17.8. The lowest BCUT2D eigenvalue weighted by atomic mass is 10.0. The van der Waals surface area contributed by atoms with Gasteiger partial charge in [-0.3, -0.25) is 5.32 Å². The first-order valence-corrected chi connectivity index (χ1v) is 8.23. The summed E-state index contributed by atoms with van der Waals surface area (Å²) in [4.78, 5) is 15.9. The standard InChI is InChI=1S/C20H17N3O3/c24-20(23-19-3-1-2-10-21-19)22-12-14-4-6-15(7-5-14)16-8-9-17-18(11-16)26-13-25-17/h1-11H,12-13H2,(H2,21,22,23,24). The number of benzene rings is 2. The number of pyridine rings is 1. The quantitative estimate of drug-likeness (QED) is 0.753. The summed E-state index contributed by atoms with van der Waals surface area (Å²) in [5.41, 5.74) is 3.14. The van der Waals surface area contributed by atoms with Crippen molar-refractivity contribution in [1.82, 2.24) is 10.3 Å². The van der Waals surface area contributed by atoms with Gasteiger partial charge in [-0.05, 0) is 41.0 Å². The minimum absolute atomic E-state index is 0.268. The Labute approximate surface area is 150 Å². The van der Waals surface area contributed by atoms with E-state index >= 15 is 0 Å². The molecule has 0 radical (unpaired) electrons. The van der Waals surface area contributed by atoms with Crippen LogP contribution in [0.25, 0.3) is 11.1 Å². The van der Waals surface area contributed by atoms with Crippen LogP contribution in [0, 0.1) is 0 Å². The third-order valence-electron chi connectivity index (χ3n) is 4.02. The van der Waals surface area contributed by atoms with Crippen LogP contribution in [0.2, 0.25) is 0 Å². The monoisotopic (exact) mass is 347 g/mol. The number of hydrogen-bond acceptors (Lipinski definition) is 4. The van der Waals surface area contributed by atoms with Crippen molar-refractivity contribution < 1.29 is 14.3 Å². The van der Waals surface area contributed by atoms with Gasteiger partial charge in [-0.1, -0.05) is 36.4 Å². The van der Waals surface area contributed by atoms with Crippen molar-refractivity contribution in [3.8, 4) is 22.6 Å². The SMILES string of the molecule is O=C(NCc1ccc(-c2ccc3c(c2)OCO3)cc1)Nc1ccccn1. The Morgan fingerprint density at radius 1 is 0.962 bits per heavy atom. The third kappa shape index (κ3) is 3.59. The summed E-state index contributed by atoms with van der Waals surface area (Å²) in [6.07, 6.45) is 1.63. The van der Waals surface area contributed by atoms with Crippen molar-refractivity contribution >= 4 is 11.8 Å². The number of fused-ring (bicyclic) bond motifs is 1. The molecule has 1 aliphatic rings. The number of nitrogens with one attached hydrogen (secondary N) is 2. The normalized spacial score (nSPS) is 11.8. The molecule has 0 saturated heterocycles. The van der Waals surface area contributed by atoms with Crippen LogP contribution in [-0.4, -0.2) is 17.8 Å². The number of urea groups is 1. The van der Waals surface area contributed by atoms with Crippen LogP contribution in [0.5, 0.6) is 11.5 Å². The van der Waals surface area contributed by atoms with E-state index in [4.69, 9.17) is 9.47 Å². The van der Waals surface area contributed by atoms with Gasteiger partial charge in [0.1, 0.15) is 5.82 Å². The van der Waals surface area contributed by atoms with Gasteiger partial charge in [0.25, 0.3) is 0 Å². The predicted octanol–water partition coefficient (Wildman–Crippen LogP) is 3.80. The maximum atomic E-state index is 11.9. The molecular formula is C20H17N3O3. The fraction of sp³-hybridized carbons (Fsp3) is 0.100. The van der Waals surface area contributed by atoms with Gasteiger partial charge in [0.05, 0.1) is 0 Å². The number of aromatic nitrogens is 1. The van der Waals surface area contributed by atoms with Gasteiger partial charge in [0, 0.05) is 12.7 Å². The molecule has 0 spiro atoms. The van der Waals surface area contributed by atoms with Gasteiger partial charge in [-0.15, -0.1) is 0 Å². The highest BCUT2D eigenvalue weighted by molar-refractivity contribution is 5.88. The van der Waals surface area contributed by atoms with Crippen LogP contribution in [0.4, 0.5) is 10.6 Å². The van der Waals surface area contributed by atoms with Gasteiger partial charge >= 0.3 is 6.03 Å². The fourth-order valence-corrected chi connectivity index (χ4v) is 2.67. The summed E-state index contributed by atoms with van der Waals surface area (Å²) in [6, 6.07) is 19.0. The molecule has 2 heterocycles. The summed E-state index contributed by atoms with van der Waals surface area (Å²) in [7, 11) is 0. The van der Waals surface area contributed by atoms with E-state index in [0.717, 1.165) is 28.2 Å².